The summed E-state index contributed by atoms with van der Waals surface area (Å²) in [6.45, 7) is 2.03. The second-order valence-corrected chi connectivity index (χ2v) is 6.96. The summed E-state index contributed by atoms with van der Waals surface area (Å²) in [4.78, 5) is 0. The van der Waals surface area contributed by atoms with E-state index in [1.807, 2.05) is 6.92 Å². The van der Waals surface area contributed by atoms with Gasteiger partial charge in [0.1, 0.15) is 0 Å². The van der Waals surface area contributed by atoms with E-state index in [0.717, 1.165) is 38.5 Å². The van der Waals surface area contributed by atoms with Gasteiger partial charge >= 0.3 is 0 Å². The predicted molar refractivity (Wildman–Crippen MR) is 63.5 cm³/mol. The van der Waals surface area contributed by atoms with Crippen LogP contribution >= 0.6 is 0 Å². The molecule has 1 aliphatic carbocycles. The first-order chi connectivity index (χ1) is 7.06. The minimum atomic E-state index is -2.93. The SMILES string of the molecule is CCCC(N)CS(=O)(=O)C1CCCCC1. The normalized spacial score (nSPS) is 21.5. The van der Waals surface area contributed by atoms with Gasteiger partial charge in [-0.2, -0.15) is 0 Å². The molecular formula is C11H23NO2S. The first-order valence-electron chi connectivity index (χ1n) is 6.03. The topological polar surface area (TPSA) is 60.2 Å². The summed E-state index contributed by atoms with van der Waals surface area (Å²) in [6, 6.07) is -0.165. The highest BCUT2D eigenvalue weighted by atomic mass is 32.2. The zero-order valence-electron chi connectivity index (χ0n) is 9.61. The fraction of sp³-hybridized carbons (Fsp3) is 1.00. The van der Waals surface area contributed by atoms with Crippen LogP contribution in [0.5, 0.6) is 0 Å². The number of hydrogen-bond donors (Lipinski definition) is 1. The average molecular weight is 233 g/mol. The van der Waals surface area contributed by atoms with E-state index in [4.69, 9.17) is 5.73 Å². The lowest BCUT2D eigenvalue weighted by Crippen LogP contribution is -2.35. The van der Waals surface area contributed by atoms with E-state index < -0.39 is 9.84 Å². The Labute approximate surface area is 93.3 Å². The van der Waals surface area contributed by atoms with Crippen LogP contribution in [0.4, 0.5) is 0 Å². The van der Waals surface area contributed by atoms with Crippen molar-refractivity contribution in [2.75, 3.05) is 5.75 Å². The molecule has 1 aliphatic rings. The summed E-state index contributed by atoms with van der Waals surface area (Å²) in [7, 11) is -2.93. The molecule has 0 aliphatic heterocycles. The Morgan fingerprint density at radius 3 is 2.40 bits per heavy atom. The molecule has 0 bridgehead atoms. The van der Waals surface area contributed by atoms with Gasteiger partial charge in [0.25, 0.3) is 0 Å². The van der Waals surface area contributed by atoms with Gasteiger partial charge in [0.2, 0.25) is 0 Å². The third-order valence-corrected chi connectivity index (χ3v) is 5.55. The Balaban J connectivity index is 2.49. The molecule has 0 aromatic carbocycles. The van der Waals surface area contributed by atoms with Crippen LogP contribution in [0.1, 0.15) is 51.9 Å². The summed E-state index contributed by atoms with van der Waals surface area (Å²) in [6.07, 6.45) is 6.78. The van der Waals surface area contributed by atoms with Gasteiger partial charge in [-0.1, -0.05) is 32.6 Å². The fourth-order valence-corrected chi connectivity index (χ4v) is 4.40. The Bertz CT molecular complexity index is 268. The van der Waals surface area contributed by atoms with Gasteiger partial charge in [-0.25, -0.2) is 8.42 Å². The van der Waals surface area contributed by atoms with E-state index in [9.17, 15) is 8.42 Å². The zero-order chi connectivity index (χ0) is 11.3. The van der Waals surface area contributed by atoms with E-state index >= 15 is 0 Å². The van der Waals surface area contributed by atoms with Crippen LogP contribution in [0, 0.1) is 0 Å². The molecule has 1 atom stereocenters. The molecule has 0 amide bonds. The molecule has 0 radical (unpaired) electrons. The Kier molecular flexibility index (Phi) is 5.06. The van der Waals surface area contributed by atoms with E-state index in [2.05, 4.69) is 0 Å². The molecule has 3 nitrogen and oxygen atoms in total. The highest BCUT2D eigenvalue weighted by Crippen LogP contribution is 2.24. The van der Waals surface area contributed by atoms with Crippen molar-refractivity contribution in [2.45, 2.75) is 63.2 Å². The van der Waals surface area contributed by atoms with E-state index in [-0.39, 0.29) is 17.0 Å². The smallest absolute Gasteiger partial charge is 0.154 e. The highest BCUT2D eigenvalue weighted by Gasteiger charge is 2.28. The van der Waals surface area contributed by atoms with Crippen LogP contribution in [0.25, 0.3) is 0 Å². The Morgan fingerprint density at radius 2 is 1.87 bits per heavy atom. The van der Waals surface area contributed by atoms with Crippen molar-refractivity contribution in [3.05, 3.63) is 0 Å². The molecule has 90 valence electrons. The summed E-state index contributed by atoms with van der Waals surface area (Å²) < 4.78 is 24.0. The molecule has 0 saturated heterocycles. The van der Waals surface area contributed by atoms with Gasteiger partial charge in [0.05, 0.1) is 11.0 Å². The maximum atomic E-state index is 12.0. The molecule has 0 spiro atoms. The van der Waals surface area contributed by atoms with Crippen LogP contribution in [0.3, 0.4) is 0 Å². The maximum absolute atomic E-state index is 12.0. The summed E-state index contributed by atoms with van der Waals surface area (Å²) >= 11 is 0. The number of nitrogens with two attached hydrogens (primary N) is 1. The first kappa shape index (κ1) is 13.0. The second-order valence-electron chi connectivity index (χ2n) is 4.64. The predicted octanol–water partition coefficient (Wildman–Crippen LogP) is 1.86. The minimum absolute atomic E-state index is 0.103. The van der Waals surface area contributed by atoms with Gasteiger partial charge in [-0.15, -0.1) is 0 Å². The van der Waals surface area contributed by atoms with E-state index in [1.54, 1.807) is 0 Å². The van der Waals surface area contributed by atoms with Gasteiger partial charge in [0.15, 0.2) is 9.84 Å². The summed E-state index contributed by atoms with van der Waals surface area (Å²) in [5.41, 5.74) is 5.80. The molecular weight excluding hydrogens is 210 g/mol. The first-order valence-corrected chi connectivity index (χ1v) is 7.75. The third-order valence-electron chi connectivity index (χ3n) is 3.17. The van der Waals surface area contributed by atoms with Gasteiger partial charge in [0, 0.05) is 6.04 Å². The molecule has 1 fully saturated rings. The van der Waals surface area contributed by atoms with Crippen molar-refractivity contribution in [3.63, 3.8) is 0 Å². The molecule has 15 heavy (non-hydrogen) atoms. The van der Waals surface area contributed by atoms with Gasteiger partial charge in [-0.3, -0.25) is 0 Å². The average Bonchev–Trinajstić information content (AvgIpc) is 2.18. The van der Waals surface area contributed by atoms with Crippen LogP contribution in [0.2, 0.25) is 0 Å². The molecule has 0 aromatic rings. The van der Waals surface area contributed by atoms with Crippen molar-refractivity contribution in [2.24, 2.45) is 5.73 Å². The second kappa shape index (κ2) is 5.85. The summed E-state index contributed by atoms with van der Waals surface area (Å²) in [5.74, 6) is 0.186. The van der Waals surface area contributed by atoms with Crippen LogP contribution in [0.15, 0.2) is 0 Å². The molecule has 1 rings (SSSR count). The monoisotopic (exact) mass is 233 g/mol. The molecule has 4 heteroatoms. The molecule has 0 heterocycles. The molecule has 2 N–H and O–H groups in total. The lowest BCUT2D eigenvalue weighted by molar-refractivity contribution is 0.480. The highest BCUT2D eigenvalue weighted by molar-refractivity contribution is 7.92. The van der Waals surface area contributed by atoms with Crippen molar-refractivity contribution in [3.8, 4) is 0 Å². The maximum Gasteiger partial charge on any atom is 0.154 e. The number of sulfone groups is 1. The van der Waals surface area contributed by atoms with Crippen molar-refractivity contribution in [1.82, 2.24) is 0 Å². The lowest BCUT2D eigenvalue weighted by atomic mass is 10.0. The molecule has 1 unspecified atom stereocenters. The van der Waals surface area contributed by atoms with Crippen LogP contribution < -0.4 is 5.73 Å². The van der Waals surface area contributed by atoms with Crippen LogP contribution in [-0.4, -0.2) is 25.5 Å². The zero-order valence-corrected chi connectivity index (χ0v) is 10.4. The quantitative estimate of drug-likeness (QED) is 0.788. The number of rotatable bonds is 5. The summed E-state index contributed by atoms with van der Waals surface area (Å²) in [5, 5.41) is -0.103. The van der Waals surface area contributed by atoms with Crippen LogP contribution in [-0.2, 0) is 9.84 Å². The van der Waals surface area contributed by atoms with Gasteiger partial charge in [-0.05, 0) is 19.3 Å². The van der Waals surface area contributed by atoms with E-state index in [1.165, 1.54) is 6.42 Å². The van der Waals surface area contributed by atoms with Crippen molar-refractivity contribution < 1.29 is 8.42 Å². The number of hydrogen-bond acceptors (Lipinski definition) is 3. The van der Waals surface area contributed by atoms with Crippen molar-refractivity contribution in [1.29, 1.82) is 0 Å². The largest absolute Gasteiger partial charge is 0.327 e. The third kappa shape index (κ3) is 4.11. The van der Waals surface area contributed by atoms with Crippen molar-refractivity contribution >= 4 is 9.84 Å². The molecule has 0 aromatic heterocycles. The van der Waals surface area contributed by atoms with Gasteiger partial charge < -0.3 is 5.73 Å². The Morgan fingerprint density at radius 1 is 1.27 bits per heavy atom. The Hall–Kier alpha value is -0.0900. The van der Waals surface area contributed by atoms with E-state index in [0.29, 0.717) is 0 Å². The minimum Gasteiger partial charge on any atom is -0.327 e. The molecule has 1 saturated carbocycles. The fourth-order valence-electron chi connectivity index (χ4n) is 2.31. The standard InChI is InChI=1S/C11H23NO2S/c1-2-6-10(12)9-15(13,14)11-7-4-3-5-8-11/h10-11H,2-9,12H2,1H3. The lowest BCUT2D eigenvalue weighted by Gasteiger charge is -2.23.